The van der Waals surface area contributed by atoms with Gasteiger partial charge < -0.3 is 19.6 Å². The van der Waals surface area contributed by atoms with Crippen molar-refractivity contribution in [1.29, 1.82) is 0 Å². The summed E-state index contributed by atoms with van der Waals surface area (Å²) in [6, 6.07) is 3.44. The van der Waals surface area contributed by atoms with E-state index in [0.29, 0.717) is 25.3 Å². The molecule has 17 heteroatoms. The van der Waals surface area contributed by atoms with Crippen LogP contribution < -0.4 is 9.43 Å². The Kier molecular flexibility index (Phi) is 12.6. The number of phosphoric acid groups is 1. The standard InChI is InChI=1S/C8H6BrClNO4P.CHN5O2.2K.2H/c9-4-1-2-5-7(8(4)10)6(3-11-5)15-16(12,13)14;7-6(8)5-3-1-2-4-5;;;;/h1-3,11H,(H2,12,13,14);1H;;;;/p+1. The van der Waals surface area contributed by atoms with Gasteiger partial charge in [0.15, 0.2) is 10.8 Å². The van der Waals surface area contributed by atoms with Crippen molar-refractivity contribution in [2.75, 3.05) is 0 Å². The third-order valence-electron chi connectivity index (χ3n) is 2.44. The van der Waals surface area contributed by atoms with Crippen molar-refractivity contribution in [2.45, 2.75) is 0 Å². The maximum atomic E-state index is 10.7. The first-order chi connectivity index (χ1) is 11.2. The molecule has 12 nitrogen and oxygen atoms in total. The van der Waals surface area contributed by atoms with Crippen molar-refractivity contribution in [3.05, 3.63) is 44.3 Å². The monoisotopic (exact) mass is 521 g/mol. The molecule has 132 valence electrons. The van der Waals surface area contributed by atoms with Gasteiger partial charge in [-0.1, -0.05) is 16.7 Å². The van der Waals surface area contributed by atoms with Crippen LogP contribution in [-0.2, 0) is 4.57 Å². The van der Waals surface area contributed by atoms with Gasteiger partial charge in [0.25, 0.3) is 4.91 Å². The minimum absolute atomic E-state index is 0. The number of benzene rings is 1. The van der Waals surface area contributed by atoms with Crippen LogP contribution in [-0.4, -0.2) is 138 Å². The molecule has 0 unspecified atom stereocenters. The molecular weight excluding hydrogens is 513 g/mol. The van der Waals surface area contributed by atoms with Crippen LogP contribution in [0, 0.1) is 10.1 Å². The van der Waals surface area contributed by atoms with Gasteiger partial charge in [0.05, 0.1) is 15.9 Å². The summed E-state index contributed by atoms with van der Waals surface area (Å²) in [5.74, 6) is 0.0228. The van der Waals surface area contributed by atoms with Crippen molar-refractivity contribution in [3.8, 4) is 5.75 Å². The molecule has 0 radical (unpaired) electrons. The number of hydrogen-bond donors (Lipinski definition) is 4. The van der Waals surface area contributed by atoms with E-state index in [1.54, 1.807) is 12.1 Å². The Balaban J connectivity index is 0.000000536. The fourth-order valence-corrected chi connectivity index (χ4v) is 2.57. The van der Waals surface area contributed by atoms with E-state index in [4.69, 9.17) is 21.4 Å². The summed E-state index contributed by atoms with van der Waals surface area (Å²) >= 11 is 9.22. The second-order valence-electron chi connectivity index (χ2n) is 4.01. The number of phosphoric ester groups is 1. The normalized spacial score (nSPS) is 10.2. The number of fused-ring (bicyclic) bond motifs is 1. The van der Waals surface area contributed by atoms with Gasteiger partial charge in [0, 0.05) is 10.7 Å². The SMILES string of the molecule is O=P(O)(O)Oc1c[nH]c2ccc(Br)c(Cl)c12.O=[N+]([O-])[n+]1nnc[nH]1.[KH].[KH]. The third kappa shape index (κ3) is 7.92. The molecule has 0 aliphatic carbocycles. The average Bonchev–Trinajstić information content (AvgIpc) is 3.12. The van der Waals surface area contributed by atoms with E-state index in [1.165, 1.54) is 6.20 Å². The predicted octanol–water partition coefficient (Wildman–Crippen LogP) is -0.110. The predicted molar refractivity (Wildman–Crippen MR) is 96.9 cm³/mol. The number of hydrogen-bond acceptors (Lipinski definition) is 6. The van der Waals surface area contributed by atoms with E-state index in [1.807, 2.05) is 0 Å². The van der Waals surface area contributed by atoms with Gasteiger partial charge in [-0.3, -0.25) is 9.79 Å². The van der Waals surface area contributed by atoms with E-state index in [-0.39, 0.29) is 109 Å². The summed E-state index contributed by atoms with van der Waals surface area (Å²) in [5, 5.41) is 18.1. The summed E-state index contributed by atoms with van der Waals surface area (Å²) in [7, 11) is -4.59. The third-order valence-corrected chi connectivity index (χ3v) is 4.16. The number of nitrogens with zero attached hydrogens (tertiary/aromatic N) is 4. The number of H-pyrrole nitrogens is 2. The molecular formula is C9H10BrClK2N6O6P+. The molecule has 0 aliphatic rings. The minimum atomic E-state index is -4.59. The molecule has 0 atom stereocenters. The van der Waals surface area contributed by atoms with E-state index in [0.717, 1.165) is 6.33 Å². The van der Waals surface area contributed by atoms with Crippen molar-refractivity contribution < 1.29 is 28.8 Å². The number of aromatic nitrogens is 5. The zero-order valence-electron chi connectivity index (χ0n) is 11.3. The molecule has 0 aliphatic heterocycles. The summed E-state index contributed by atoms with van der Waals surface area (Å²) in [6.45, 7) is 0. The summed E-state index contributed by atoms with van der Waals surface area (Å²) in [6.07, 6.45) is 2.46. The molecule has 0 bridgehead atoms. The first kappa shape index (κ1) is 27.2. The Hall–Kier alpha value is 1.22. The number of halogens is 2. The van der Waals surface area contributed by atoms with Gasteiger partial charge in [-0.2, -0.15) is 0 Å². The van der Waals surface area contributed by atoms with Gasteiger partial charge in [0.1, 0.15) is 5.03 Å². The Bertz CT molecular complexity index is 921. The molecule has 26 heavy (non-hydrogen) atoms. The number of tetrazole rings is 1. The molecule has 3 rings (SSSR count). The van der Waals surface area contributed by atoms with E-state index in [2.05, 4.69) is 40.8 Å². The van der Waals surface area contributed by atoms with Crippen LogP contribution in [0.3, 0.4) is 0 Å². The Labute approximate surface area is 243 Å². The van der Waals surface area contributed by atoms with E-state index >= 15 is 0 Å². The Morgan fingerprint density at radius 2 is 2.04 bits per heavy atom. The molecule has 3 aromatic rings. The fraction of sp³-hybridized carbons (Fsp3) is 0. The quantitative estimate of drug-likeness (QED) is 0.121. The average molecular weight is 523 g/mol. The maximum absolute atomic E-state index is 10.7. The van der Waals surface area contributed by atoms with Crippen molar-refractivity contribution in [3.63, 3.8) is 0 Å². The second-order valence-corrected chi connectivity index (χ2v) is 6.41. The van der Waals surface area contributed by atoms with Gasteiger partial charge in [-0.05, 0) is 28.1 Å². The van der Waals surface area contributed by atoms with E-state index < -0.39 is 12.9 Å². The number of rotatable bonds is 3. The molecule has 0 amide bonds. The zero-order chi connectivity index (χ0) is 17.9. The molecule has 0 fully saturated rings. The van der Waals surface area contributed by atoms with Crippen LogP contribution in [0.15, 0.2) is 29.1 Å². The Morgan fingerprint density at radius 3 is 2.50 bits per heavy atom. The van der Waals surface area contributed by atoms with Crippen molar-refractivity contribution in [1.82, 2.24) is 20.4 Å². The second kappa shape index (κ2) is 12.0. The summed E-state index contributed by atoms with van der Waals surface area (Å²) in [5.41, 5.74) is 0.636. The molecule has 0 saturated carbocycles. The van der Waals surface area contributed by atoms with Crippen molar-refractivity contribution >= 4 is 149 Å². The number of aromatic amines is 2. The first-order valence-corrected chi connectivity index (χ1v) is 8.52. The van der Waals surface area contributed by atoms with Gasteiger partial charge in [-0.25, -0.2) is 4.57 Å². The van der Waals surface area contributed by atoms with Crippen LogP contribution in [0.5, 0.6) is 5.75 Å². The van der Waals surface area contributed by atoms with E-state index in [9.17, 15) is 14.7 Å². The van der Waals surface area contributed by atoms with Crippen LogP contribution in [0.4, 0.5) is 0 Å². The molecule has 1 aromatic carbocycles. The van der Waals surface area contributed by atoms with Gasteiger partial charge >= 0.3 is 122 Å². The van der Waals surface area contributed by atoms with Crippen LogP contribution in [0.1, 0.15) is 0 Å². The first-order valence-electron chi connectivity index (χ1n) is 5.82. The number of nitro groups is 1. The van der Waals surface area contributed by atoms with Crippen LogP contribution >= 0.6 is 35.4 Å². The summed E-state index contributed by atoms with van der Waals surface area (Å²) in [4.78, 5) is 30.4. The molecule has 2 heterocycles. The molecule has 2 aromatic heterocycles. The summed E-state index contributed by atoms with van der Waals surface area (Å²) < 4.78 is 15.9. The topological polar surface area (TPSA) is 171 Å². The molecule has 0 saturated heterocycles. The zero-order valence-corrected chi connectivity index (χ0v) is 14.6. The molecule has 4 N–H and O–H groups in total. The van der Waals surface area contributed by atoms with Crippen LogP contribution in [0.2, 0.25) is 5.02 Å². The Morgan fingerprint density at radius 1 is 1.38 bits per heavy atom. The van der Waals surface area contributed by atoms with Crippen molar-refractivity contribution in [2.24, 2.45) is 0 Å². The van der Waals surface area contributed by atoms with Gasteiger partial charge in [-0.15, -0.1) is 0 Å². The molecule has 0 spiro atoms. The fourth-order valence-electron chi connectivity index (χ4n) is 1.59. The van der Waals surface area contributed by atoms with Gasteiger partial charge in [0.2, 0.25) is 0 Å². The van der Waals surface area contributed by atoms with Crippen LogP contribution in [0.25, 0.3) is 10.9 Å². The number of nitrogens with one attached hydrogen (secondary N) is 2.